The second-order valence-corrected chi connectivity index (χ2v) is 3.82. The summed E-state index contributed by atoms with van der Waals surface area (Å²) >= 11 is 0. The summed E-state index contributed by atoms with van der Waals surface area (Å²) in [6.07, 6.45) is 0.405. The maximum Gasteiger partial charge on any atom is 0.311 e. The van der Waals surface area contributed by atoms with Crippen molar-refractivity contribution in [2.24, 2.45) is 0 Å². The van der Waals surface area contributed by atoms with Crippen molar-refractivity contribution in [3.63, 3.8) is 0 Å². The molecule has 86 valence electrons. The molecule has 0 unspecified atom stereocenters. The minimum atomic E-state index is -0.202. The highest BCUT2D eigenvalue weighted by Gasteiger charge is 2.25. The summed E-state index contributed by atoms with van der Waals surface area (Å²) in [7, 11) is 3.14. The van der Waals surface area contributed by atoms with E-state index >= 15 is 0 Å². The molecule has 4 heteroatoms. The molecule has 1 aliphatic rings. The van der Waals surface area contributed by atoms with Gasteiger partial charge in [0.15, 0.2) is 11.5 Å². The fourth-order valence-electron chi connectivity index (χ4n) is 1.87. The van der Waals surface area contributed by atoms with E-state index in [9.17, 15) is 4.79 Å². The van der Waals surface area contributed by atoms with Crippen LogP contribution in [0.5, 0.6) is 17.2 Å². The van der Waals surface area contributed by atoms with E-state index in [0.29, 0.717) is 23.7 Å². The van der Waals surface area contributed by atoms with Crippen molar-refractivity contribution in [2.75, 3.05) is 14.2 Å². The highest BCUT2D eigenvalue weighted by molar-refractivity contribution is 5.77. The molecule has 0 bridgehead atoms. The summed E-state index contributed by atoms with van der Waals surface area (Å²) in [4.78, 5) is 11.3. The molecule has 1 heterocycles. The van der Waals surface area contributed by atoms with E-state index in [1.807, 2.05) is 13.0 Å². The quantitative estimate of drug-likeness (QED) is 0.568. The maximum atomic E-state index is 11.3. The number of fused-ring (bicyclic) bond motifs is 1. The average Bonchev–Trinajstić information content (AvgIpc) is 2.27. The molecular formula is C12H14O4. The Labute approximate surface area is 94.1 Å². The lowest BCUT2D eigenvalue weighted by molar-refractivity contribution is -0.135. The Morgan fingerprint density at radius 3 is 2.50 bits per heavy atom. The Morgan fingerprint density at radius 1 is 1.25 bits per heavy atom. The summed E-state index contributed by atoms with van der Waals surface area (Å²) < 4.78 is 15.5. The molecule has 1 aromatic carbocycles. The van der Waals surface area contributed by atoms with Gasteiger partial charge in [0, 0.05) is 11.6 Å². The van der Waals surface area contributed by atoms with Crippen LogP contribution in [0.4, 0.5) is 0 Å². The highest BCUT2D eigenvalue weighted by Crippen LogP contribution is 2.41. The SMILES string of the molecule is COc1cc2c(cc1OC)[C@@H](C)CC(=O)O2. The van der Waals surface area contributed by atoms with Gasteiger partial charge in [-0.2, -0.15) is 0 Å². The van der Waals surface area contributed by atoms with E-state index in [0.717, 1.165) is 5.56 Å². The number of hydrogen-bond acceptors (Lipinski definition) is 4. The molecule has 1 aliphatic heterocycles. The largest absolute Gasteiger partial charge is 0.493 e. The summed E-state index contributed by atoms with van der Waals surface area (Å²) in [5, 5.41) is 0. The van der Waals surface area contributed by atoms with Crippen LogP contribution in [0.1, 0.15) is 24.8 Å². The molecule has 0 aliphatic carbocycles. The molecule has 0 spiro atoms. The van der Waals surface area contributed by atoms with Gasteiger partial charge in [0.25, 0.3) is 0 Å². The lowest BCUT2D eigenvalue weighted by Gasteiger charge is -2.22. The van der Waals surface area contributed by atoms with Gasteiger partial charge in [-0.15, -0.1) is 0 Å². The van der Waals surface area contributed by atoms with Crippen LogP contribution in [0.25, 0.3) is 0 Å². The number of benzene rings is 1. The summed E-state index contributed by atoms with van der Waals surface area (Å²) in [6, 6.07) is 3.56. The lowest BCUT2D eigenvalue weighted by Crippen LogP contribution is -2.18. The van der Waals surface area contributed by atoms with Gasteiger partial charge in [0.1, 0.15) is 5.75 Å². The zero-order valence-electron chi connectivity index (χ0n) is 9.57. The van der Waals surface area contributed by atoms with E-state index in [4.69, 9.17) is 14.2 Å². The highest BCUT2D eigenvalue weighted by atomic mass is 16.5. The lowest BCUT2D eigenvalue weighted by atomic mass is 9.94. The third kappa shape index (κ3) is 1.71. The number of carbonyl (C=O) groups excluding carboxylic acids is 1. The van der Waals surface area contributed by atoms with Crippen molar-refractivity contribution in [3.05, 3.63) is 17.7 Å². The molecule has 0 saturated carbocycles. The molecule has 0 saturated heterocycles. The predicted octanol–water partition coefficient (Wildman–Crippen LogP) is 2.12. The van der Waals surface area contributed by atoms with Gasteiger partial charge in [-0.25, -0.2) is 0 Å². The Hall–Kier alpha value is -1.71. The third-order valence-corrected chi connectivity index (χ3v) is 2.74. The maximum absolute atomic E-state index is 11.3. The molecule has 1 atom stereocenters. The zero-order valence-corrected chi connectivity index (χ0v) is 9.57. The van der Waals surface area contributed by atoms with E-state index in [1.54, 1.807) is 20.3 Å². The van der Waals surface area contributed by atoms with Gasteiger partial charge >= 0.3 is 5.97 Å². The summed E-state index contributed by atoms with van der Waals surface area (Å²) in [6.45, 7) is 1.99. The first-order valence-corrected chi connectivity index (χ1v) is 5.12. The van der Waals surface area contributed by atoms with Crippen molar-refractivity contribution in [3.8, 4) is 17.2 Å². The van der Waals surface area contributed by atoms with Gasteiger partial charge in [-0.3, -0.25) is 4.79 Å². The van der Waals surface area contributed by atoms with Crippen LogP contribution in [-0.4, -0.2) is 20.2 Å². The van der Waals surface area contributed by atoms with Crippen molar-refractivity contribution in [1.29, 1.82) is 0 Å². The Kier molecular flexibility index (Phi) is 2.73. The molecule has 0 amide bonds. The van der Waals surface area contributed by atoms with Gasteiger partial charge < -0.3 is 14.2 Å². The van der Waals surface area contributed by atoms with Crippen LogP contribution in [-0.2, 0) is 4.79 Å². The average molecular weight is 222 g/mol. The number of methoxy groups -OCH3 is 2. The monoisotopic (exact) mass is 222 g/mol. The van der Waals surface area contributed by atoms with Gasteiger partial charge in [0.05, 0.1) is 20.6 Å². The first-order chi connectivity index (χ1) is 7.65. The van der Waals surface area contributed by atoms with Crippen molar-refractivity contribution in [1.82, 2.24) is 0 Å². The Morgan fingerprint density at radius 2 is 1.88 bits per heavy atom. The summed E-state index contributed by atoms with van der Waals surface area (Å²) in [5.74, 6) is 1.75. The first-order valence-electron chi connectivity index (χ1n) is 5.12. The van der Waals surface area contributed by atoms with Gasteiger partial charge in [-0.1, -0.05) is 6.92 Å². The standard InChI is InChI=1S/C12H14O4/c1-7-4-12(13)16-9-6-11(15-3)10(14-2)5-8(7)9/h5-7H,4H2,1-3H3/t7-/m0/s1. The second kappa shape index (κ2) is 4.04. The zero-order chi connectivity index (χ0) is 11.7. The van der Waals surface area contributed by atoms with E-state index in [-0.39, 0.29) is 11.9 Å². The minimum absolute atomic E-state index is 0.149. The van der Waals surface area contributed by atoms with E-state index in [1.165, 1.54) is 0 Å². The van der Waals surface area contributed by atoms with Crippen molar-refractivity contribution in [2.45, 2.75) is 19.3 Å². The number of ether oxygens (including phenoxy) is 3. The number of carbonyl (C=O) groups is 1. The Bertz CT molecular complexity index is 425. The normalized spacial score (nSPS) is 18.7. The fraction of sp³-hybridized carbons (Fsp3) is 0.417. The van der Waals surface area contributed by atoms with Crippen LogP contribution >= 0.6 is 0 Å². The van der Waals surface area contributed by atoms with Crippen LogP contribution in [0.15, 0.2) is 12.1 Å². The molecule has 0 N–H and O–H groups in total. The predicted molar refractivity (Wildman–Crippen MR) is 58.2 cm³/mol. The topological polar surface area (TPSA) is 44.8 Å². The van der Waals surface area contributed by atoms with Crippen LogP contribution in [0, 0.1) is 0 Å². The molecule has 0 radical (unpaired) electrons. The minimum Gasteiger partial charge on any atom is -0.493 e. The molecule has 0 fully saturated rings. The fourth-order valence-corrected chi connectivity index (χ4v) is 1.87. The molecular weight excluding hydrogens is 208 g/mol. The summed E-state index contributed by atoms with van der Waals surface area (Å²) in [5.41, 5.74) is 0.984. The molecule has 0 aromatic heterocycles. The second-order valence-electron chi connectivity index (χ2n) is 3.82. The number of esters is 1. The van der Waals surface area contributed by atoms with E-state index in [2.05, 4.69) is 0 Å². The third-order valence-electron chi connectivity index (χ3n) is 2.74. The van der Waals surface area contributed by atoms with Crippen LogP contribution in [0.3, 0.4) is 0 Å². The molecule has 16 heavy (non-hydrogen) atoms. The molecule has 1 aromatic rings. The van der Waals surface area contributed by atoms with Crippen LogP contribution in [0.2, 0.25) is 0 Å². The van der Waals surface area contributed by atoms with Crippen molar-refractivity contribution >= 4 is 5.97 Å². The molecule has 4 nitrogen and oxygen atoms in total. The van der Waals surface area contributed by atoms with Crippen molar-refractivity contribution < 1.29 is 19.0 Å². The number of rotatable bonds is 2. The first kappa shape index (κ1) is 10.8. The van der Waals surface area contributed by atoms with Gasteiger partial charge in [-0.05, 0) is 12.0 Å². The Balaban J connectivity index is 2.51. The van der Waals surface area contributed by atoms with Crippen LogP contribution < -0.4 is 14.2 Å². The number of hydrogen-bond donors (Lipinski definition) is 0. The van der Waals surface area contributed by atoms with Gasteiger partial charge in [0.2, 0.25) is 0 Å². The van der Waals surface area contributed by atoms with E-state index < -0.39 is 0 Å². The smallest absolute Gasteiger partial charge is 0.311 e. The molecule has 2 rings (SSSR count).